The number of rotatable bonds is 6. The average molecular weight is 159 g/mol. The first-order valence-electron chi connectivity index (χ1n) is 3.97. The maximum Gasteiger partial charge on any atom is 0.102 e. The monoisotopic (exact) mass is 159 g/mol. The van der Waals surface area contributed by atoms with Gasteiger partial charge in [-0.25, -0.2) is 0 Å². The second-order valence-corrected chi connectivity index (χ2v) is 2.48. The smallest absolute Gasteiger partial charge is 0.102 e. The molecule has 3 heteroatoms. The minimum Gasteiger partial charge on any atom is -0.396 e. The van der Waals surface area contributed by atoms with E-state index in [0.29, 0.717) is 6.42 Å². The third-order valence-electron chi connectivity index (χ3n) is 1.32. The summed E-state index contributed by atoms with van der Waals surface area (Å²) in [5.74, 6) is 0. The predicted octanol–water partition coefficient (Wildman–Crippen LogP) is 0.372. The number of hydrogen-bond acceptors (Lipinski definition) is 3. The van der Waals surface area contributed by atoms with Gasteiger partial charge in [0.1, 0.15) is 6.23 Å². The lowest BCUT2D eigenvalue weighted by atomic mass is 10.2. The van der Waals surface area contributed by atoms with E-state index in [1.54, 1.807) is 0 Å². The molecule has 0 amide bonds. The third kappa shape index (κ3) is 9.62. The molecule has 0 fully saturated rings. The van der Waals surface area contributed by atoms with Gasteiger partial charge in [0.15, 0.2) is 0 Å². The van der Waals surface area contributed by atoms with Gasteiger partial charge in [0.05, 0.1) is 0 Å². The van der Waals surface area contributed by atoms with E-state index in [1.165, 1.54) is 0 Å². The van der Waals surface area contributed by atoms with Gasteiger partial charge in [0, 0.05) is 6.61 Å². The van der Waals surface area contributed by atoms with Gasteiger partial charge in [0.2, 0.25) is 0 Å². The summed E-state index contributed by atoms with van der Waals surface area (Å²) in [7, 11) is 0. The molecule has 0 radical (unpaired) electrons. The number of allylic oxidation sites excluding steroid dienone is 2. The van der Waals surface area contributed by atoms with Crippen LogP contribution in [0.5, 0.6) is 0 Å². The molecule has 0 spiro atoms. The Hall–Kier alpha value is -0.380. The van der Waals surface area contributed by atoms with E-state index in [9.17, 15) is 0 Å². The van der Waals surface area contributed by atoms with Crippen LogP contribution in [-0.2, 0) is 0 Å². The lowest BCUT2D eigenvalue weighted by Crippen LogP contribution is -2.17. The Morgan fingerprint density at radius 3 is 2.45 bits per heavy atom. The van der Waals surface area contributed by atoms with Crippen LogP contribution in [0.15, 0.2) is 12.2 Å². The average Bonchev–Trinajstić information content (AvgIpc) is 1.96. The molecular formula is C8H17NO2. The summed E-state index contributed by atoms with van der Waals surface area (Å²) in [6, 6.07) is 0. The predicted molar refractivity (Wildman–Crippen MR) is 44.9 cm³/mol. The van der Waals surface area contributed by atoms with Crippen molar-refractivity contribution < 1.29 is 10.2 Å². The van der Waals surface area contributed by atoms with Crippen molar-refractivity contribution in [1.82, 2.24) is 0 Å². The molecule has 0 heterocycles. The molecule has 0 aliphatic rings. The Bertz CT molecular complexity index is 102. The summed E-state index contributed by atoms with van der Waals surface area (Å²) in [6.45, 7) is 0.240. The minimum absolute atomic E-state index is 0.240. The number of nitrogens with two attached hydrogens (primary N) is 1. The molecule has 1 unspecified atom stereocenters. The fourth-order valence-corrected chi connectivity index (χ4v) is 0.712. The van der Waals surface area contributed by atoms with Gasteiger partial charge in [-0.05, 0) is 25.7 Å². The highest BCUT2D eigenvalue weighted by Crippen LogP contribution is 1.95. The number of unbranched alkanes of at least 4 members (excludes halogenated alkanes) is 1. The van der Waals surface area contributed by atoms with E-state index in [0.717, 1.165) is 19.3 Å². The van der Waals surface area contributed by atoms with Crippen molar-refractivity contribution in [2.45, 2.75) is 31.9 Å². The van der Waals surface area contributed by atoms with Crippen LogP contribution in [0.2, 0.25) is 0 Å². The zero-order valence-corrected chi connectivity index (χ0v) is 6.74. The molecule has 1 atom stereocenters. The lowest BCUT2D eigenvalue weighted by molar-refractivity contribution is 0.173. The number of hydrogen-bond donors (Lipinski definition) is 3. The molecule has 0 aliphatic heterocycles. The van der Waals surface area contributed by atoms with Gasteiger partial charge in [0.25, 0.3) is 0 Å². The highest BCUT2D eigenvalue weighted by atomic mass is 16.3. The Balaban J connectivity index is 3.03. The summed E-state index contributed by atoms with van der Waals surface area (Å²) in [4.78, 5) is 0. The van der Waals surface area contributed by atoms with Crippen molar-refractivity contribution in [3.63, 3.8) is 0 Å². The molecule has 0 bridgehead atoms. The first-order chi connectivity index (χ1) is 5.27. The SMILES string of the molecule is NC(O)CCC=CCCCO. The first-order valence-corrected chi connectivity index (χ1v) is 3.97. The number of aliphatic hydroxyl groups excluding tert-OH is 2. The second kappa shape index (κ2) is 7.72. The largest absolute Gasteiger partial charge is 0.396 e. The molecule has 0 aromatic carbocycles. The molecule has 3 nitrogen and oxygen atoms in total. The van der Waals surface area contributed by atoms with Gasteiger partial charge >= 0.3 is 0 Å². The third-order valence-corrected chi connectivity index (χ3v) is 1.32. The maximum absolute atomic E-state index is 8.66. The lowest BCUT2D eigenvalue weighted by Gasteiger charge is -1.98. The zero-order valence-electron chi connectivity index (χ0n) is 6.74. The van der Waals surface area contributed by atoms with Crippen molar-refractivity contribution in [2.75, 3.05) is 6.61 Å². The van der Waals surface area contributed by atoms with Crippen molar-refractivity contribution in [2.24, 2.45) is 5.73 Å². The van der Waals surface area contributed by atoms with E-state index < -0.39 is 6.23 Å². The van der Waals surface area contributed by atoms with E-state index in [4.69, 9.17) is 15.9 Å². The molecule has 11 heavy (non-hydrogen) atoms. The van der Waals surface area contributed by atoms with Gasteiger partial charge in [-0.2, -0.15) is 0 Å². The highest BCUT2D eigenvalue weighted by Gasteiger charge is 1.90. The van der Waals surface area contributed by atoms with Crippen LogP contribution in [0.3, 0.4) is 0 Å². The van der Waals surface area contributed by atoms with Crippen LogP contribution in [0, 0.1) is 0 Å². The molecule has 4 N–H and O–H groups in total. The first kappa shape index (κ1) is 10.6. The quantitative estimate of drug-likeness (QED) is 0.298. The summed E-state index contributed by atoms with van der Waals surface area (Å²) < 4.78 is 0. The molecule has 0 aromatic rings. The van der Waals surface area contributed by atoms with Gasteiger partial charge in [-0.15, -0.1) is 0 Å². The van der Waals surface area contributed by atoms with Crippen LogP contribution in [-0.4, -0.2) is 23.0 Å². The summed E-state index contributed by atoms with van der Waals surface area (Å²) in [5, 5.41) is 17.1. The van der Waals surface area contributed by atoms with Crippen LogP contribution in [0.4, 0.5) is 0 Å². The highest BCUT2D eigenvalue weighted by molar-refractivity contribution is 4.81. The van der Waals surface area contributed by atoms with Gasteiger partial charge in [-0.1, -0.05) is 12.2 Å². The topological polar surface area (TPSA) is 66.5 Å². The minimum atomic E-state index is -0.697. The molecular weight excluding hydrogens is 142 g/mol. The van der Waals surface area contributed by atoms with Crippen molar-refractivity contribution in [3.8, 4) is 0 Å². The standard InChI is InChI=1S/C8H17NO2/c9-8(11)6-4-2-1-3-5-7-10/h1-2,8,10-11H,3-7,9H2. The Labute approximate surface area is 67.5 Å². The molecule has 0 saturated heterocycles. The second-order valence-electron chi connectivity index (χ2n) is 2.48. The van der Waals surface area contributed by atoms with E-state index in [2.05, 4.69) is 0 Å². The van der Waals surface area contributed by atoms with E-state index in [1.807, 2.05) is 12.2 Å². The fourth-order valence-electron chi connectivity index (χ4n) is 0.712. The van der Waals surface area contributed by atoms with Crippen LogP contribution < -0.4 is 5.73 Å². The normalized spacial score (nSPS) is 14.1. The fraction of sp³-hybridized carbons (Fsp3) is 0.750. The van der Waals surface area contributed by atoms with Crippen molar-refractivity contribution in [1.29, 1.82) is 0 Å². The molecule has 0 aliphatic carbocycles. The Morgan fingerprint density at radius 2 is 1.91 bits per heavy atom. The molecule has 0 aromatic heterocycles. The van der Waals surface area contributed by atoms with Crippen molar-refractivity contribution >= 4 is 0 Å². The van der Waals surface area contributed by atoms with Crippen LogP contribution in [0.1, 0.15) is 25.7 Å². The summed E-state index contributed by atoms with van der Waals surface area (Å²) >= 11 is 0. The van der Waals surface area contributed by atoms with Gasteiger partial charge in [-0.3, -0.25) is 0 Å². The molecule has 0 saturated carbocycles. The molecule has 66 valence electrons. The summed E-state index contributed by atoms with van der Waals surface area (Å²) in [6.07, 6.45) is 6.40. The van der Waals surface area contributed by atoms with Gasteiger partial charge < -0.3 is 15.9 Å². The molecule has 0 rings (SSSR count). The Morgan fingerprint density at radius 1 is 1.27 bits per heavy atom. The zero-order chi connectivity index (χ0) is 8.53. The number of aliphatic hydroxyl groups is 2. The maximum atomic E-state index is 8.66. The van der Waals surface area contributed by atoms with E-state index >= 15 is 0 Å². The van der Waals surface area contributed by atoms with Crippen LogP contribution >= 0.6 is 0 Å². The van der Waals surface area contributed by atoms with Crippen LogP contribution in [0.25, 0.3) is 0 Å². The van der Waals surface area contributed by atoms with E-state index in [-0.39, 0.29) is 6.61 Å². The van der Waals surface area contributed by atoms with Crippen molar-refractivity contribution in [3.05, 3.63) is 12.2 Å². The summed E-state index contributed by atoms with van der Waals surface area (Å²) in [5.41, 5.74) is 5.11. The Kier molecular flexibility index (Phi) is 7.46.